The van der Waals surface area contributed by atoms with E-state index >= 15 is 0 Å². The van der Waals surface area contributed by atoms with Crippen molar-refractivity contribution in [2.24, 2.45) is 0 Å². The van der Waals surface area contributed by atoms with Crippen LogP contribution in [0.25, 0.3) is 0 Å². The molecule has 1 aromatic carbocycles. The standard InChI is InChI=1S/C15H18N2O2/c1-18-13-6-7-14(15(11-13)19-2)17-10-8-12-5-3-4-9-16-12/h3-7,9,11,17H,8,10H2,1-2H3. The zero-order valence-corrected chi connectivity index (χ0v) is 11.2. The van der Waals surface area contributed by atoms with Crippen LogP contribution in [-0.4, -0.2) is 25.7 Å². The van der Waals surface area contributed by atoms with Crippen molar-refractivity contribution in [3.63, 3.8) is 0 Å². The number of nitrogens with zero attached hydrogens (tertiary/aromatic N) is 1. The minimum Gasteiger partial charge on any atom is -0.497 e. The van der Waals surface area contributed by atoms with Crippen LogP contribution >= 0.6 is 0 Å². The van der Waals surface area contributed by atoms with Crippen molar-refractivity contribution in [1.82, 2.24) is 4.98 Å². The predicted octanol–water partition coefficient (Wildman–Crippen LogP) is 2.75. The molecule has 2 rings (SSSR count). The van der Waals surface area contributed by atoms with E-state index in [1.807, 2.05) is 42.6 Å². The maximum Gasteiger partial charge on any atom is 0.145 e. The molecule has 2 aromatic rings. The van der Waals surface area contributed by atoms with Crippen LogP contribution in [0.15, 0.2) is 42.6 Å². The number of aromatic nitrogens is 1. The summed E-state index contributed by atoms with van der Waals surface area (Å²) >= 11 is 0. The Labute approximate surface area is 113 Å². The number of rotatable bonds is 6. The summed E-state index contributed by atoms with van der Waals surface area (Å²) in [5.74, 6) is 1.56. The quantitative estimate of drug-likeness (QED) is 0.865. The summed E-state index contributed by atoms with van der Waals surface area (Å²) in [6.45, 7) is 0.805. The molecule has 0 bridgehead atoms. The Bertz CT molecular complexity index is 515. The molecule has 100 valence electrons. The zero-order valence-electron chi connectivity index (χ0n) is 11.2. The number of methoxy groups -OCH3 is 2. The van der Waals surface area contributed by atoms with Gasteiger partial charge < -0.3 is 14.8 Å². The molecule has 4 nitrogen and oxygen atoms in total. The van der Waals surface area contributed by atoms with E-state index < -0.39 is 0 Å². The molecule has 19 heavy (non-hydrogen) atoms. The molecule has 0 aliphatic carbocycles. The molecule has 0 radical (unpaired) electrons. The second kappa shape index (κ2) is 6.64. The van der Waals surface area contributed by atoms with Gasteiger partial charge in [0.2, 0.25) is 0 Å². The van der Waals surface area contributed by atoms with E-state index in [0.29, 0.717) is 0 Å². The highest BCUT2D eigenvalue weighted by Gasteiger charge is 2.04. The summed E-state index contributed by atoms with van der Waals surface area (Å²) < 4.78 is 10.5. The zero-order chi connectivity index (χ0) is 13.5. The predicted molar refractivity (Wildman–Crippen MR) is 76.0 cm³/mol. The highest BCUT2D eigenvalue weighted by Crippen LogP contribution is 2.28. The van der Waals surface area contributed by atoms with Crippen molar-refractivity contribution in [2.75, 3.05) is 26.1 Å². The maximum atomic E-state index is 5.33. The molecule has 0 spiro atoms. The summed E-state index contributed by atoms with van der Waals surface area (Å²) in [5.41, 5.74) is 2.03. The molecule has 0 atom stereocenters. The van der Waals surface area contributed by atoms with Gasteiger partial charge in [-0.1, -0.05) is 6.07 Å². The number of anilines is 1. The lowest BCUT2D eigenvalue weighted by Crippen LogP contribution is -2.07. The SMILES string of the molecule is COc1ccc(NCCc2ccccn2)c(OC)c1. The summed E-state index contributed by atoms with van der Waals surface area (Å²) in [7, 11) is 3.29. The molecular weight excluding hydrogens is 240 g/mol. The minimum atomic E-state index is 0.778. The van der Waals surface area contributed by atoms with E-state index in [0.717, 1.165) is 35.8 Å². The third-order valence-corrected chi connectivity index (χ3v) is 2.83. The van der Waals surface area contributed by atoms with Crippen LogP contribution < -0.4 is 14.8 Å². The van der Waals surface area contributed by atoms with Crippen LogP contribution in [0.4, 0.5) is 5.69 Å². The van der Waals surface area contributed by atoms with Crippen molar-refractivity contribution in [2.45, 2.75) is 6.42 Å². The molecule has 1 heterocycles. The molecule has 4 heteroatoms. The maximum absolute atomic E-state index is 5.33. The third kappa shape index (κ3) is 3.61. The number of hydrogen-bond acceptors (Lipinski definition) is 4. The van der Waals surface area contributed by atoms with Crippen molar-refractivity contribution in [1.29, 1.82) is 0 Å². The van der Waals surface area contributed by atoms with E-state index in [2.05, 4.69) is 10.3 Å². The Morgan fingerprint density at radius 3 is 2.68 bits per heavy atom. The first-order valence-corrected chi connectivity index (χ1v) is 6.19. The number of benzene rings is 1. The highest BCUT2D eigenvalue weighted by molar-refractivity contribution is 5.59. The van der Waals surface area contributed by atoms with Gasteiger partial charge in [-0.25, -0.2) is 0 Å². The molecule has 0 amide bonds. The molecule has 1 aromatic heterocycles. The summed E-state index contributed by atoms with van der Waals surface area (Å²) in [4.78, 5) is 4.29. The largest absolute Gasteiger partial charge is 0.497 e. The third-order valence-electron chi connectivity index (χ3n) is 2.83. The fourth-order valence-electron chi connectivity index (χ4n) is 1.82. The number of ether oxygens (including phenoxy) is 2. The molecule has 0 saturated carbocycles. The van der Waals surface area contributed by atoms with Gasteiger partial charge in [0.05, 0.1) is 19.9 Å². The summed E-state index contributed by atoms with van der Waals surface area (Å²) in [5, 5.41) is 3.34. The van der Waals surface area contributed by atoms with E-state index in [-0.39, 0.29) is 0 Å². The van der Waals surface area contributed by atoms with Crippen molar-refractivity contribution in [3.05, 3.63) is 48.3 Å². The van der Waals surface area contributed by atoms with Crippen LogP contribution in [0.1, 0.15) is 5.69 Å². The van der Waals surface area contributed by atoms with Crippen molar-refractivity contribution >= 4 is 5.69 Å². The van der Waals surface area contributed by atoms with Crippen LogP contribution in [-0.2, 0) is 6.42 Å². The summed E-state index contributed by atoms with van der Waals surface area (Å²) in [6, 6.07) is 11.7. The Kier molecular flexibility index (Phi) is 4.61. The van der Waals surface area contributed by atoms with Gasteiger partial charge in [-0.05, 0) is 24.3 Å². The lowest BCUT2D eigenvalue weighted by Gasteiger charge is -2.12. The van der Waals surface area contributed by atoms with E-state index in [1.54, 1.807) is 14.2 Å². The van der Waals surface area contributed by atoms with E-state index in [4.69, 9.17) is 9.47 Å². The smallest absolute Gasteiger partial charge is 0.145 e. The first-order valence-electron chi connectivity index (χ1n) is 6.19. The van der Waals surface area contributed by atoms with E-state index in [1.165, 1.54) is 0 Å². The van der Waals surface area contributed by atoms with Crippen LogP contribution in [0.3, 0.4) is 0 Å². The molecule has 0 aliphatic heterocycles. The van der Waals surface area contributed by atoms with Crippen molar-refractivity contribution < 1.29 is 9.47 Å². The normalized spacial score (nSPS) is 10.0. The average Bonchev–Trinajstić information content (AvgIpc) is 2.48. The Balaban J connectivity index is 1.96. The van der Waals surface area contributed by atoms with Gasteiger partial charge in [-0.2, -0.15) is 0 Å². The highest BCUT2D eigenvalue weighted by atomic mass is 16.5. The lowest BCUT2D eigenvalue weighted by molar-refractivity contribution is 0.395. The van der Waals surface area contributed by atoms with Gasteiger partial charge in [0.15, 0.2) is 0 Å². The van der Waals surface area contributed by atoms with Crippen LogP contribution in [0.2, 0.25) is 0 Å². The second-order valence-corrected chi connectivity index (χ2v) is 4.06. The number of hydrogen-bond donors (Lipinski definition) is 1. The molecule has 1 N–H and O–H groups in total. The van der Waals surface area contributed by atoms with Crippen LogP contribution in [0, 0.1) is 0 Å². The molecule has 0 saturated heterocycles. The van der Waals surface area contributed by atoms with Crippen LogP contribution in [0.5, 0.6) is 11.5 Å². The molecule has 0 unspecified atom stereocenters. The average molecular weight is 258 g/mol. The topological polar surface area (TPSA) is 43.4 Å². The molecule has 0 fully saturated rings. The van der Waals surface area contributed by atoms with Gasteiger partial charge >= 0.3 is 0 Å². The number of pyridine rings is 1. The Hall–Kier alpha value is -2.23. The number of nitrogens with one attached hydrogen (secondary N) is 1. The molecule has 0 aliphatic rings. The van der Waals surface area contributed by atoms with Gasteiger partial charge in [0.25, 0.3) is 0 Å². The fourth-order valence-corrected chi connectivity index (χ4v) is 1.82. The van der Waals surface area contributed by atoms with Gasteiger partial charge in [0.1, 0.15) is 11.5 Å². The summed E-state index contributed by atoms with van der Waals surface area (Å²) in [6.07, 6.45) is 2.68. The first-order chi connectivity index (χ1) is 9.33. The first kappa shape index (κ1) is 13.2. The second-order valence-electron chi connectivity index (χ2n) is 4.06. The Morgan fingerprint density at radius 1 is 1.11 bits per heavy atom. The van der Waals surface area contributed by atoms with Gasteiger partial charge in [-0.3, -0.25) is 4.98 Å². The Morgan fingerprint density at radius 2 is 2.00 bits per heavy atom. The molecular formula is C15H18N2O2. The fraction of sp³-hybridized carbons (Fsp3) is 0.267. The van der Waals surface area contributed by atoms with Gasteiger partial charge in [0, 0.05) is 30.9 Å². The monoisotopic (exact) mass is 258 g/mol. The van der Waals surface area contributed by atoms with Crippen molar-refractivity contribution in [3.8, 4) is 11.5 Å². The van der Waals surface area contributed by atoms with E-state index in [9.17, 15) is 0 Å². The minimum absolute atomic E-state index is 0.778. The lowest BCUT2D eigenvalue weighted by atomic mass is 10.2. The van der Waals surface area contributed by atoms with Gasteiger partial charge in [-0.15, -0.1) is 0 Å².